The van der Waals surface area contributed by atoms with Gasteiger partial charge in [0.1, 0.15) is 12.8 Å². The van der Waals surface area contributed by atoms with E-state index in [2.05, 4.69) is 9.52 Å². The zero-order valence-electron chi connectivity index (χ0n) is 8.61. The van der Waals surface area contributed by atoms with Crippen LogP contribution in [-0.2, 0) is 18.6 Å². The lowest BCUT2D eigenvalue weighted by Crippen LogP contribution is -2.15. The van der Waals surface area contributed by atoms with Crippen LogP contribution in [0.5, 0.6) is 0 Å². The van der Waals surface area contributed by atoms with Gasteiger partial charge in [-0.25, -0.2) is 0 Å². The Labute approximate surface area is 93.6 Å². The summed E-state index contributed by atoms with van der Waals surface area (Å²) in [4.78, 5) is 22.9. The van der Waals surface area contributed by atoms with Crippen LogP contribution in [0, 0.1) is 0 Å². The third kappa shape index (κ3) is 5.27. The van der Waals surface area contributed by atoms with Crippen molar-refractivity contribution in [2.75, 3.05) is 6.61 Å². The number of carbonyl (C=O) groups is 1. The van der Waals surface area contributed by atoms with E-state index in [1.165, 1.54) is 6.21 Å². The first-order valence-electron chi connectivity index (χ1n) is 4.82. The molecule has 0 bridgehead atoms. The van der Waals surface area contributed by atoms with E-state index >= 15 is 0 Å². The third-order valence-corrected chi connectivity index (χ3v) is 2.39. The predicted octanol–water partition coefficient (Wildman–Crippen LogP) is 0.104. The minimum Gasteiger partial charge on any atom is -0.369 e. The van der Waals surface area contributed by atoms with Crippen molar-refractivity contribution in [3.8, 4) is 0 Å². The van der Waals surface area contributed by atoms with E-state index < -0.39 is 14.2 Å². The molecule has 3 atom stereocenters. The van der Waals surface area contributed by atoms with E-state index in [1.807, 2.05) is 0 Å². The van der Waals surface area contributed by atoms with Gasteiger partial charge in [0.2, 0.25) is 5.91 Å². The van der Waals surface area contributed by atoms with Gasteiger partial charge < -0.3 is 10.5 Å². The van der Waals surface area contributed by atoms with Crippen LogP contribution in [0.2, 0.25) is 0 Å². The fourth-order valence-electron chi connectivity index (χ4n) is 1.33. The molecule has 1 aliphatic rings. The number of amides is 1. The highest BCUT2D eigenvalue weighted by Crippen LogP contribution is 2.24. The van der Waals surface area contributed by atoms with Crippen LogP contribution in [0.1, 0.15) is 19.3 Å². The number of aliphatic imine (C=N–C) groups is 1. The van der Waals surface area contributed by atoms with Crippen molar-refractivity contribution in [3.05, 3.63) is 0 Å². The Morgan fingerprint density at radius 2 is 2.44 bits per heavy atom. The summed E-state index contributed by atoms with van der Waals surface area (Å²) in [7, 11) is -2.58. The normalized spacial score (nSPS) is 26.2. The molecule has 8 heteroatoms. The second kappa shape index (κ2) is 6.65. The van der Waals surface area contributed by atoms with E-state index in [-0.39, 0.29) is 25.4 Å². The lowest BCUT2D eigenvalue weighted by Gasteiger charge is -2.06. The zero-order chi connectivity index (χ0) is 12.0. The first-order valence-corrected chi connectivity index (χ1v) is 5.95. The predicted molar refractivity (Wildman–Crippen MR) is 56.0 cm³/mol. The SMILES string of the molecule is NC(=O)CC=NC1CCC(CO[P+](=O)O)O1. The van der Waals surface area contributed by atoms with Crippen LogP contribution in [0.25, 0.3) is 0 Å². The topological polar surface area (TPSA) is 111 Å². The Morgan fingerprint density at radius 3 is 3.06 bits per heavy atom. The Kier molecular flexibility index (Phi) is 5.48. The monoisotopic (exact) mass is 249 g/mol. The highest BCUT2D eigenvalue weighted by molar-refractivity contribution is 7.32. The summed E-state index contributed by atoms with van der Waals surface area (Å²) < 4.78 is 20.2. The quantitative estimate of drug-likeness (QED) is 0.512. The van der Waals surface area contributed by atoms with Crippen LogP contribution >= 0.6 is 8.25 Å². The molecule has 0 aromatic heterocycles. The summed E-state index contributed by atoms with van der Waals surface area (Å²) in [5.74, 6) is -0.445. The van der Waals surface area contributed by atoms with Crippen LogP contribution in [0.3, 0.4) is 0 Å². The molecule has 0 aromatic rings. The van der Waals surface area contributed by atoms with Crippen molar-refractivity contribution in [2.24, 2.45) is 10.7 Å². The van der Waals surface area contributed by atoms with Crippen molar-refractivity contribution in [2.45, 2.75) is 31.6 Å². The summed E-state index contributed by atoms with van der Waals surface area (Å²) in [5.41, 5.74) is 4.93. The molecule has 0 spiro atoms. The van der Waals surface area contributed by atoms with Crippen LogP contribution in [-0.4, -0.2) is 36.0 Å². The van der Waals surface area contributed by atoms with E-state index in [1.54, 1.807) is 0 Å². The first kappa shape index (κ1) is 13.2. The van der Waals surface area contributed by atoms with E-state index in [0.29, 0.717) is 12.8 Å². The fourth-order valence-corrected chi connectivity index (χ4v) is 1.62. The van der Waals surface area contributed by atoms with Gasteiger partial charge in [0.25, 0.3) is 0 Å². The molecule has 0 aromatic carbocycles. The smallest absolute Gasteiger partial charge is 0.369 e. The summed E-state index contributed by atoms with van der Waals surface area (Å²) in [6.07, 6.45) is 2.38. The highest BCUT2D eigenvalue weighted by Gasteiger charge is 2.27. The second-order valence-corrected chi connectivity index (χ2v) is 4.06. The minimum absolute atomic E-state index is 0.0769. The Bertz CT molecular complexity index is 296. The molecule has 0 aliphatic carbocycles. The Morgan fingerprint density at radius 1 is 1.69 bits per heavy atom. The molecule has 0 radical (unpaired) electrons. The average molecular weight is 249 g/mol. The zero-order valence-corrected chi connectivity index (χ0v) is 9.51. The van der Waals surface area contributed by atoms with Crippen molar-refractivity contribution in [1.82, 2.24) is 0 Å². The molecule has 1 rings (SSSR count). The molecule has 1 aliphatic heterocycles. The number of carbonyl (C=O) groups excluding carboxylic acids is 1. The highest BCUT2D eigenvalue weighted by atomic mass is 31.1. The first-order chi connectivity index (χ1) is 7.58. The number of hydrogen-bond acceptors (Lipinski definition) is 5. The number of hydrogen-bond donors (Lipinski definition) is 2. The van der Waals surface area contributed by atoms with Crippen molar-refractivity contribution in [3.63, 3.8) is 0 Å². The van der Waals surface area contributed by atoms with Crippen LogP contribution in [0.4, 0.5) is 0 Å². The van der Waals surface area contributed by atoms with Crippen molar-refractivity contribution < 1.29 is 23.5 Å². The van der Waals surface area contributed by atoms with Gasteiger partial charge in [0.15, 0.2) is 0 Å². The summed E-state index contributed by atoms with van der Waals surface area (Å²) in [6, 6.07) is 0. The average Bonchev–Trinajstić information content (AvgIpc) is 2.62. The molecule has 1 amide bonds. The molecule has 1 fully saturated rings. The summed E-state index contributed by atoms with van der Waals surface area (Å²) >= 11 is 0. The molecular weight excluding hydrogens is 235 g/mol. The number of nitrogens with two attached hydrogens (primary N) is 1. The van der Waals surface area contributed by atoms with Gasteiger partial charge >= 0.3 is 8.25 Å². The minimum atomic E-state index is -2.58. The van der Waals surface area contributed by atoms with Gasteiger partial charge in [-0.2, -0.15) is 0 Å². The van der Waals surface area contributed by atoms with Crippen LogP contribution < -0.4 is 5.73 Å². The Hall–Kier alpha value is -0.880. The van der Waals surface area contributed by atoms with Crippen molar-refractivity contribution >= 4 is 20.4 Å². The molecule has 16 heavy (non-hydrogen) atoms. The number of primary amides is 1. The molecule has 0 saturated carbocycles. The van der Waals surface area contributed by atoms with E-state index in [9.17, 15) is 9.36 Å². The maximum absolute atomic E-state index is 10.4. The third-order valence-electron chi connectivity index (χ3n) is 2.02. The van der Waals surface area contributed by atoms with Gasteiger partial charge in [0.05, 0.1) is 12.5 Å². The maximum atomic E-state index is 10.4. The summed E-state index contributed by atoms with van der Waals surface area (Å²) in [6.45, 7) is 0.0769. The van der Waals surface area contributed by atoms with Gasteiger partial charge in [-0.1, -0.05) is 0 Å². The van der Waals surface area contributed by atoms with Gasteiger partial charge in [-0.3, -0.25) is 9.79 Å². The number of ether oxygens (including phenoxy) is 1. The van der Waals surface area contributed by atoms with E-state index in [4.69, 9.17) is 15.4 Å². The molecule has 3 unspecified atom stereocenters. The molecule has 1 saturated heterocycles. The Balaban J connectivity index is 2.21. The molecule has 90 valence electrons. The maximum Gasteiger partial charge on any atom is 0.694 e. The largest absolute Gasteiger partial charge is 0.694 e. The van der Waals surface area contributed by atoms with E-state index in [0.717, 1.165) is 0 Å². The van der Waals surface area contributed by atoms with Crippen molar-refractivity contribution in [1.29, 1.82) is 0 Å². The van der Waals surface area contributed by atoms with Gasteiger partial charge in [-0.15, -0.1) is 9.42 Å². The number of rotatable bonds is 6. The fraction of sp³-hybridized carbons (Fsp3) is 0.750. The molecular formula is C8H14N2O5P+. The summed E-state index contributed by atoms with van der Waals surface area (Å²) in [5, 5.41) is 0. The lowest BCUT2D eigenvalue weighted by molar-refractivity contribution is -0.116. The lowest BCUT2D eigenvalue weighted by atomic mass is 10.2. The molecule has 7 nitrogen and oxygen atoms in total. The second-order valence-electron chi connectivity index (χ2n) is 3.33. The standard InChI is InChI=1S/C8H13N2O5P/c9-7(11)3-4-10-8-2-1-6(15-8)5-14-16(12)13/h4,6,8H,1-3,5H2,(H2-,9,11,12,13)/p+1. The van der Waals surface area contributed by atoms with Gasteiger partial charge in [0, 0.05) is 10.8 Å². The number of nitrogens with zero attached hydrogens (tertiary/aromatic N) is 1. The molecule has 1 heterocycles. The molecule has 3 N–H and O–H groups in total. The van der Waals surface area contributed by atoms with Gasteiger partial charge in [-0.05, 0) is 12.8 Å². The van der Waals surface area contributed by atoms with Crippen LogP contribution in [0.15, 0.2) is 4.99 Å².